The van der Waals surface area contributed by atoms with Crippen LogP contribution in [-0.4, -0.2) is 49.6 Å². The summed E-state index contributed by atoms with van der Waals surface area (Å²) in [6.45, 7) is 9.27. The van der Waals surface area contributed by atoms with E-state index in [4.69, 9.17) is 0 Å². The molecule has 0 saturated carbocycles. The highest BCUT2D eigenvalue weighted by Gasteiger charge is 2.19. The van der Waals surface area contributed by atoms with E-state index in [0.717, 1.165) is 25.9 Å². The number of nitrogens with zero attached hydrogens (tertiary/aromatic N) is 1. The summed E-state index contributed by atoms with van der Waals surface area (Å²) in [7, 11) is 2.08. The van der Waals surface area contributed by atoms with Crippen LogP contribution in [0.5, 0.6) is 0 Å². The van der Waals surface area contributed by atoms with Crippen LogP contribution in [-0.2, 0) is 4.79 Å². The van der Waals surface area contributed by atoms with Crippen molar-refractivity contribution in [2.45, 2.75) is 65.0 Å². The van der Waals surface area contributed by atoms with Gasteiger partial charge in [-0.25, -0.2) is 0 Å². The van der Waals surface area contributed by atoms with Gasteiger partial charge in [0.15, 0.2) is 0 Å². The first-order valence-electron chi connectivity index (χ1n) is 8.19. The molecule has 0 spiro atoms. The van der Waals surface area contributed by atoms with Crippen molar-refractivity contribution in [2.75, 3.05) is 26.7 Å². The summed E-state index contributed by atoms with van der Waals surface area (Å²) in [5, 5.41) is 6.54. The van der Waals surface area contributed by atoms with E-state index in [0.29, 0.717) is 18.5 Å². The summed E-state index contributed by atoms with van der Waals surface area (Å²) in [6.07, 6.45) is 5.79. The maximum atomic E-state index is 12.1. The van der Waals surface area contributed by atoms with E-state index < -0.39 is 0 Å². The Kier molecular flexibility index (Phi) is 8.15. The van der Waals surface area contributed by atoms with Crippen molar-refractivity contribution in [1.82, 2.24) is 15.5 Å². The van der Waals surface area contributed by atoms with Gasteiger partial charge in [0, 0.05) is 12.1 Å². The van der Waals surface area contributed by atoms with Gasteiger partial charge >= 0.3 is 0 Å². The number of carbonyl (C=O) groups is 1. The minimum absolute atomic E-state index is 0.168. The van der Waals surface area contributed by atoms with Gasteiger partial charge < -0.3 is 10.6 Å². The molecule has 0 aromatic heterocycles. The minimum atomic E-state index is 0.168. The topological polar surface area (TPSA) is 44.4 Å². The predicted molar refractivity (Wildman–Crippen MR) is 84.8 cm³/mol. The molecule has 0 aliphatic carbocycles. The number of amides is 1. The average molecular weight is 283 g/mol. The van der Waals surface area contributed by atoms with Crippen molar-refractivity contribution in [1.29, 1.82) is 0 Å². The molecular formula is C16H33N3O. The number of rotatable bonds is 7. The second-order valence-electron chi connectivity index (χ2n) is 6.69. The summed E-state index contributed by atoms with van der Waals surface area (Å²) in [4.78, 5) is 14.3. The van der Waals surface area contributed by atoms with Crippen molar-refractivity contribution < 1.29 is 4.79 Å². The normalized spacial score (nSPS) is 21.8. The van der Waals surface area contributed by atoms with Crippen LogP contribution in [0.3, 0.4) is 0 Å². The Hall–Kier alpha value is -0.610. The van der Waals surface area contributed by atoms with Crippen LogP contribution in [0.2, 0.25) is 0 Å². The quantitative estimate of drug-likeness (QED) is 0.751. The molecular weight excluding hydrogens is 250 g/mol. The smallest absolute Gasteiger partial charge is 0.234 e. The van der Waals surface area contributed by atoms with Gasteiger partial charge in [0.25, 0.3) is 0 Å². The van der Waals surface area contributed by atoms with Crippen LogP contribution >= 0.6 is 0 Å². The Balaban J connectivity index is 2.26. The van der Waals surface area contributed by atoms with Crippen molar-refractivity contribution in [2.24, 2.45) is 5.92 Å². The predicted octanol–water partition coefficient (Wildman–Crippen LogP) is 2.00. The van der Waals surface area contributed by atoms with Crippen molar-refractivity contribution in [3.63, 3.8) is 0 Å². The minimum Gasteiger partial charge on any atom is -0.353 e. The van der Waals surface area contributed by atoms with Crippen molar-refractivity contribution >= 4 is 5.91 Å². The van der Waals surface area contributed by atoms with Gasteiger partial charge in [-0.3, -0.25) is 9.69 Å². The highest BCUT2D eigenvalue weighted by molar-refractivity contribution is 5.78. The zero-order chi connectivity index (χ0) is 15.0. The van der Waals surface area contributed by atoms with Gasteiger partial charge in [0.2, 0.25) is 5.91 Å². The van der Waals surface area contributed by atoms with Crippen LogP contribution < -0.4 is 10.6 Å². The lowest BCUT2D eigenvalue weighted by molar-refractivity contribution is -0.123. The monoisotopic (exact) mass is 283 g/mol. The van der Waals surface area contributed by atoms with Gasteiger partial charge in [-0.2, -0.15) is 0 Å². The summed E-state index contributed by atoms with van der Waals surface area (Å²) < 4.78 is 0. The van der Waals surface area contributed by atoms with Gasteiger partial charge in [0.05, 0.1) is 6.54 Å². The fourth-order valence-corrected chi connectivity index (χ4v) is 2.77. The Morgan fingerprint density at radius 2 is 2.00 bits per heavy atom. The fraction of sp³-hybridized carbons (Fsp3) is 0.938. The third kappa shape index (κ3) is 7.25. The molecule has 2 N–H and O–H groups in total. The molecule has 2 atom stereocenters. The second kappa shape index (κ2) is 9.35. The Morgan fingerprint density at radius 3 is 2.70 bits per heavy atom. The van der Waals surface area contributed by atoms with E-state index in [9.17, 15) is 4.79 Å². The lowest BCUT2D eigenvalue weighted by atomic mass is 10.0. The maximum Gasteiger partial charge on any atom is 0.234 e. The largest absolute Gasteiger partial charge is 0.353 e. The molecule has 1 amide bonds. The summed E-state index contributed by atoms with van der Waals surface area (Å²) in [5.41, 5.74) is 0. The van der Waals surface area contributed by atoms with E-state index in [1.807, 2.05) is 0 Å². The first-order valence-corrected chi connectivity index (χ1v) is 8.19. The molecule has 118 valence electrons. The second-order valence-corrected chi connectivity index (χ2v) is 6.69. The number of nitrogens with one attached hydrogen (secondary N) is 2. The molecule has 4 heteroatoms. The Morgan fingerprint density at radius 1 is 1.25 bits per heavy atom. The molecule has 0 aromatic carbocycles. The molecule has 0 aromatic rings. The van der Waals surface area contributed by atoms with E-state index >= 15 is 0 Å². The zero-order valence-corrected chi connectivity index (χ0v) is 13.7. The maximum absolute atomic E-state index is 12.1. The SMILES string of the molecule is CC(C)CCC(C)NC(=O)CN(C)C1CCCNCC1. The standard InChI is InChI=1S/C16H33N3O/c1-13(2)7-8-14(3)18-16(20)12-19(4)15-6-5-10-17-11-9-15/h13-15,17H,5-12H2,1-4H3,(H,18,20). The first kappa shape index (κ1) is 17.4. The molecule has 1 aliphatic rings. The van der Waals surface area contributed by atoms with Crippen LogP contribution in [0.25, 0.3) is 0 Å². The van der Waals surface area contributed by atoms with Crippen LogP contribution in [0.4, 0.5) is 0 Å². The summed E-state index contributed by atoms with van der Waals surface area (Å²) in [6, 6.07) is 0.829. The summed E-state index contributed by atoms with van der Waals surface area (Å²) >= 11 is 0. The van der Waals surface area contributed by atoms with Gasteiger partial charge in [0.1, 0.15) is 0 Å². The summed E-state index contributed by atoms with van der Waals surface area (Å²) in [5.74, 6) is 0.872. The lowest BCUT2D eigenvalue weighted by Gasteiger charge is -2.27. The molecule has 1 heterocycles. The third-order valence-corrected chi connectivity index (χ3v) is 4.15. The van der Waals surface area contributed by atoms with Crippen molar-refractivity contribution in [3.05, 3.63) is 0 Å². The van der Waals surface area contributed by atoms with Crippen LogP contribution in [0.15, 0.2) is 0 Å². The molecule has 0 bridgehead atoms. The van der Waals surface area contributed by atoms with Gasteiger partial charge in [-0.1, -0.05) is 13.8 Å². The van der Waals surface area contributed by atoms with Gasteiger partial charge in [-0.05, 0) is 65.1 Å². The van der Waals surface area contributed by atoms with E-state index in [1.54, 1.807) is 0 Å². The van der Waals surface area contributed by atoms with E-state index in [2.05, 4.69) is 43.4 Å². The number of hydrogen-bond acceptors (Lipinski definition) is 3. The number of carbonyl (C=O) groups excluding carboxylic acids is 1. The number of likely N-dealkylation sites (N-methyl/N-ethyl adjacent to an activating group) is 1. The Labute approximate surface area is 124 Å². The van der Waals surface area contributed by atoms with Crippen LogP contribution in [0, 0.1) is 5.92 Å². The third-order valence-electron chi connectivity index (χ3n) is 4.15. The molecule has 20 heavy (non-hydrogen) atoms. The van der Waals surface area contributed by atoms with Crippen LogP contribution in [0.1, 0.15) is 52.9 Å². The first-order chi connectivity index (χ1) is 9.49. The van der Waals surface area contributed by atoms with Crippen molar-refractivity contribution in [3.8, 4) is 0 Å². The number of hydrogen-bond donors (Lipinski definition) is 2. The molecule has 1 fully saturated rings. The molecule has 1 rings (SSSR count). The molecule has 2 unspecified atom stereocenters. The van der Waals surface area contributed by atoms with Gasteiger partial charge in [-0.15, -0.1) is 0 Å². The van der Waals surface area contributed by atoms with E-state index in [1.165, 1.54) is 19.3 Å². The lowest BCUT2D eigenvalue weighted by Crippen LogP contribution is -2.43. The van der Waals surface area contributed by atoms with E-state index in [-0.39, 0.29) is 11.9 Å². The molecule has 4 nitrogen and oxygen atoms in total. The Bertz CT molecular complexity index is 273. The highest BCUT2D eigenvalue weighted by Crippen LogP contribution is 2.11. The average Bonchev–Trinajstić information content (AvgIpc) is 2.64. The molecule has 0 radical (unpaired) electrons. The molecule has 1 aliphatic heterocycles. The zero-order valence-electron chi connectivity index (χ0n) is 13.7. The molecule has 1 saturated heterocycles. The fourth-order valence-electron chi connectivity index (χ4n) is 2.77. The highest BCUT2D eigenvalue weighted by atomic mass is 16.2.